The molecular formula is C20H21N3O7. The van der Waals surface area contributed by atoms with Crippen LogP contribution in [0.5, 0.6) is 5.75 Å². The third-order valence-electron chi connectivity index (χ3n) is 3.99. The standard InChI is InChI=1S/C20H21N3O7/c1-12-7-8-17(29-3)16(9-12)22-18(24)11-30-20(26)13(2)21-19(25)14-5-4-6-15(10-14)23(27)28/h4-10,13H,11H2,1-3H3,(H,21,25)(H,22,24)/t13-/m0/s1. The number of esters is 1. The van der Waals surface area contributed by atoms with Gasteiger partial charge in [-0.05, 0) is 37.6 Å². The molecule has 1 atom stereocenters. The molecule has 30 heavy (non-hydrogen) atoms. The Hall–Kier alpha value is -3.95. The van der Waals surface area contributed by atoms with Crippen molar-refractivity contribution < 1.29 is 28.8 Å². The van der Waals surface area contributed by atoms with Gasteiger partial charge in [0.1, 0.15) is 11.8 Å². The molecule has 2 N–H and O–H groups in total. The van der Waals surface area contributed by atoms with Crippen LogP contribution in [0, 0.1) is 17.0 Å². The summed E-state index contributed by atoms with van der Waals surface area (Å²) in [6.07, 6.45) is 0. The number of nitro benzene ring substituents is 1. The molecule has 2 aromatic carbocycles. The number of carbonyl (C=O) groups excluding carboxylic acids is 3. The predicted molar refractivity (Wildman–Crippen MR) is 107 cm³/mol. The second kappa shape index (κ2) is 10.0. The molecule has 0 aliphatic carbocycles. The number of benzene rings is 2. The molecule has 10 heteroatoms. The minimum Gasteiger partial charge on any atom is -0.495 e. The molecule has 0 aliphatic heterocycles. The van der Waals surface area contributed by atoms with Crippen molar-refractivity contribution in [3.8, 4) is 5.75 Å². The van der Waals surface area contributed by atoms with Crippen molar-refractivity contribution in [1.82, 2.24) is 5.32 Å². The quantitative estimate of drug-likeness (QED) is 0.383. The number of amides is 2. The van der Waals surface area contributed by atoms with Crippen molar-refractivity contribution in [2.75, 3.05) is 19.0 Å². The molecule has 10 nitrogen and oxygen atoms in total. The number of hydrogen-bond acceptors (Lipinski definition) is 7. The highest BCUT2D eigenvalue weighted by molar-refractivity contribution is 5.98. The largest absolute Gasteiger partial charge is 0.495 e. The predicted octanol–water partition coefficient (Wildman–Crippen LogP) is 2.21. The maximum Gasteiger partial charge on any atom is 0.328 e. The number of rotatable bonds is 8. The van der Waals surface area contributed by atoms with Crippen LogP contribution in [0.15, 0.2) is 42.5 Å². The number of nitro groups is 1. The number of anilines is 1. The van der Waals surface area contributed by atoms with Gasteiger partial charge in [-0.1, -0.05) is 12.1 Å². The average molecular weight is 415 g/mol. The van der Waals surface area contributed by atoms with Gasteiger partial charge in [-0.25, -0.2) is 4.79 Å². The summed E-state index contributed by atoms with van der Waals surface area (Å²) >= 11 is 0. The van der Waals surface area contributed by atoms with E-state index in [-0.39, 0.29) is 11.3 Å². The zero-order valence-corrected chi connectivity index (χ0v) is 16.6. The van der Waals surface area contributed by atoms with E-state index in [1.165, 1.54) is 32.2 Å². The first-order valence-electron chi connectivity index (χ1n) is 8.87. The van der Waals surface area contributed by atoms with Crippen LogP contribution in [0.4, 0.5) is 11.4 Å². The number of nitrogens with zero attached hydrogens (tertiary/aromatic N) is 1. The smallest absolute Gasteiger partial charge is 0.328 e. The maximum absolute atomic E-state index is 12.2. The molecule has 0 aliphatic rings. The third kappa shape index (κ3) is 6.03. The molecular weight excluding hydrogens is 394 g/mol. The molecule has 0 unspecified atom stereocenters. The van der Waals surface area contributed by atoms with Crippen molar-refractivity contribution in [3.05, 3.63) is 63.7 Å². The van der Waals surface area contributed by atoms with Gasteiger partial charge in [0, 0.05) is 17.7 Å². The monoisotopic (exact) mass is 415 g/mol. The summed E-state index contributed by atoms with van der Waals surface area (Å²) < 4.78 is 10.1. The SMILES string of the molecule is COc1ccc(C)cc1NC(=O)COC(=O)[C@H](C)NC(=O)c1cccc([N+](=O)[O-])c1. The lowest BCUT2D eigenvalue weighted by atomic mass is 10.2. The van der Waals surface area contributed by atoms with Gasteiger partial charge < -0.3 is 20.1 Å². The zero-order valence-electron chi connectivity index (χ0n) is 16.6. The van der Waals surface area contributed by atoms with E-state index in [9.17, 15) is 24.5 Å². The fourth-order valence-corrected chi connectivity index (χ4v) is 2.47. The highest BCUT2D eigenvalue weighted by Gasteiger charge is 2.20. The number of carbonyl (C=O) groups is 3. The molecule has 2 amide bonds. The Morgan fingerprint density at radius 1 is 1.17 bits per heavy atom. The number of nitrogens with one attached hydrogen (secondary N) is 2. The Balaban J connectivity index is 1.89. The van der Waals surface area contributed by atoms with Crippen LogP contribution in [-0.2, 0) is 14.3 Å². The van der Waals surface area contributed by atoms with Crippen molar-refractivity contribution in [2.24, 2.45) is 0 Å². The van der Waals surface area contributed by atoms with E-state index in [1.807, 2.05) is 13.0 Å². The van der Waals surface area contributed by atoms with Gasteiger partial charge >= 0.3 is 5.97 Å². The first-order chi connectivity index (χ1) is 14.2. The van der Waals surface area contributed by atoms with E-state index < -0.39 is 35.4 Å². The summed E-state index contributed by atoms with van der Waals surface area (Å²) in [4.78, 5) is 46.5. The fraction of sp³-hybridized carbons (Fsp3) is 0.250. The Morgan fingerprint density at radius 2 is 1.90 bits per heavy atom. The lowest BCUT2D eigenvalue weighted by Crippen LogP contribution is -2.40. The molecule has 0 aromatic heterocycles. The van der Waals surface area contributed by atoms with Crippen molar-refractivity contribution in [2.45, 2.75) is 19.9 Å². The molecule has 158 valence electrons. The summed E-state index contributed by atoms with van der Waals surface area (Å²) in [6.45, 7) is 2.66. The second-order valence-electron chi connectivity index (χ2n) is 6.36. The Bertz CT molecular complexity index is 975. The first kappa shape index (κ1) is 22.3. The van der Waals surface area contributed by atoms with Gasteiger partial charge in [-0.3, -0.25) is 19.7 Å². The molecule has 2 rings (SSSR count). The van der Waals surface area contributed by atoms with Crippen LogP contribution in [0.3, 0.4) is 0 Å². The molecule has 0 saturated carbocycles. The summed E-state index contributed by atoms with van der Waals surface area (Å²) in [6, 6.07) is 9.23. The van der Waals surface area contributed by atoms with E-state index in [0.29, 0.717) is 11.4 Å². The van der Waals surface area contributed by atoms with E-state index in [0.717, 1.165) is 11.6 Å². The first-order valence-corrected chi connectivity index (χ1v) is 8.87. The average Bonchev–Trinajstić information content (AvgIpc) is 2.72. The summed E-state index contributed by atoms with van der Waals surface area (Å²) in [5, 5.41) is 15.8. The van der Waals surface area contributed by atoms with Crippen molar-refractivity contribution in [1.29, 1.82) is 0 Å². The van der Waals surface area contributed by atoms with Gasteiger partial charge in [0.05, 0.1) is 17.7 Å². The third-order valence-corrected chi connectivity index (χ3v) is 3.99. The number of ether oxygens (including phenoxy) is 2. The number of aryl methyl sites for hydroxylation is 1. The van der Waals surface area contributed by atoms with Crippen molar-refractivity contribution >= 4 is 29.2 Å². The van der Waals surface area contributed by atoms with Gasteiger partial charge in [-0.15, -0.1) is 0 Å². The van der Waals surface area contributed by atoms with E-state index >= 15 is 0 Å². The van der Waals surface area contributed by atoms with Crippen LogP contribution in [0.1, 0.15) is 22.8 Å². The van der Waals surface area contributed by atoms with E-state index in [2.05, 4.69) is 10.6 Å². The molecule has 0 saturated heterocycles. The van der Waals surface area contributed by atoms with E-state index in [1.54, 1.807) is 12.1 Å². The topological polar surface area (TPSA) is 137 Å². The lowest BCUT2D eigenvalue weighted by molar-refractivity contribution is -0.384. The van der Waals surface area contributed by atoms with Crippen LogP contribution < -0.4 is 15.4 Å². The maximum atomic E-state index is 12.2. The highest BCUT2D eigenvalue weighted by atomic mass is 16.6. The molecule has 0 spiro atoms. The fourth-order valence-electron chi connectivity index (χ4n) is 2.47. The lowest BCUT2D eigenvalue weighted by Gasteiger charge is -2.14. The summed E-state index contributed by atoms with van der Waals surface area (Å²) in [5.41, 5.74) is 1.11. The normalized spacial score (nSPS) is 11.2. The molecule has 0 radical (unpaired) electrons. The zero-order chi connectivity index (χ0) is 22.3. The highest BCUT2D eigenvalue weighted by Crippen LogP contribution is 2.25. The molecule has 0 heterocycles. The Morgan fingerprint density at radius 3 is 2.57 bits per heavy atom. The number of non-ortho nitro benzene ring substituents is 1. The Kier molecular flexibility index (Phi) is 7.45. The van der Waals surface area contributed by atoms with Crippen LogP contribution in [0.25, 0.3) is 0 Å². The molecule has 2 aromatic rings. The summed E-state index contributed by atoms with van der Waals surface area (Å²) in [7, 11) is 1.46. The number of hydrogen-bond donors (Lipinski definition) is 2. The van der Waals surface area contributed by atoms with Gasteiger partial charge in [0.2, 0.25) is 0 Å². The molecule has 0 bridgehead atoms. The van der Waals surface area contributed by atoms with Gasteiger partial charge in [0.15, 0.2) is 6.61 Å². The van der Waals surface area contributed by atoms with Gasteiger partial charge in [-0.2, -0.15) is 0 Å². The van der Waals surface area contributed by atoms with E-state index in [4.69, 9.17) is 9.47 Å². The minimum absolute atomic E-state index is 0.0214. The van der Waals surface area contributed by atoms with Crippen LogP contribution in [0.2, 0.25) is 0 Å². The second-order valence-corrected chi connectivity index (χ2v) is 6.36. The van der Waals surface area contributed by atoms with Crippen LogP contribution >= 0.6 is 0 Å². The minimum atomic E-state index is -1.07. The Labute approximate surface area is 172 Å². The van der Waals surface area contributed by atoms with Crippen molar-refractivity contribution in [3.63, 3.8) is 0 Å². The van der Waals surface area contributed by atoms with Gasteiger partial charge in [0.25, 0.3) is 17.5 Å². The number of methoxy groups -OCH3 is 1. The summed E-state index contributed by atoms with van der Waals surface area (Å²) in [5.74, 6) is -1.64. The van der Waals surface area contributed by atoms with Crippen LogP contribution in [-0.4, -0.2) is 42.5 Å². The molecule has 0 fully saturated rings.